The van der Waals surface area contributed by atoms with Crippen molar-refractivity contribution in [3.8, 4) is 11.5 Å². The van der Waals surface area contributed by atoms with E-state index < -0.39 is 0 Å². The molecule has 0 bridgehead atoms. The largest absolute Gasteiger partial charge is 0.454 e. The van der Waals surface area contributed by atoms with E-state index in [1.54, 1.807) is 30.1 Å². The number of carbonyl (C=O) groups is 2. The molecule has 106 valence electrons. The van der Waals surface area contributed by atoms with Gasteiger partial charge in [-0.05, 0) is 18.2 Å². The van der Waals surface area contributed by atoms with E-state index in [0.717, 1.165) is 6.54 Å². The molecule has 3 rings (SSSR count). The zero-order valence-electron chi connectivity index (χ0n) is 11.3. The fraction of sp³-hybridized carbons (Fsp3) is 0.429. The zero-order valence-corrected chi connectivity index (χ0v) is 11.3. The summed E-state index contributed by atoms with van der Waals surface area (Å²) in [5, 5.41) is 0. The Hall–Kier alpha value is -2.08. The SMILES string of the molecule is CN1CCN(CC(=O)c2ccc3c(c2)OCO3)CC1=O. The lowest BCUT2D eigenvalue weighted by Crippen LogP contribution is -2.49. The van der Waals surface area contributed by atoms with Crippen LogP contribution in [0.5, 0.6) is 11.5 Å². The molecule has 6 heteroatoms. The number of piperazine rings is 1. The first-order chi connectivity index (χ1) is 9.63. The average molecular weight is 276 g/mol. The molecular formula is C14H16N2O4. The van der Waals surface area contributed by atoms with Crippen LogP contribution < -0.4 is 9.47 Å². The molecule has 2 aliphatic heterocycles. The number of ketones is 1. The van der Waals surface area contributed by atoms with Crippen molar-refractivity contribution in [2.24, 2.45) is 0 Å². The lowest BCUT2D eigenvalue weighted by Gasteiger charge is -2.31. The van der Waals surface area contributed by atoms with Crippen LogP contribution in [0.15, 0.2) is 18.2 Å². The Morgan fingerprint density at radius 1 is 1.25 bits per heavy atom. The number of fused-ring (bicyclic) bond motifs is 1. The Balaban J connectivity index is 1.66. The van der Waals surface area contributed by atoms with Crippen LogP contribution in [0.3, 0.4) is 0 Å². The summed E-state index contributed by atoms with van der Waals surface area (Å²) in [5.41, 5.74) is 0.584. The van der Waals surface area contributed by atoms with Gasteiger partial charge in [0.25, 0.3) is 0 Å². The van der Waals surface area contributed by atoms with E-state index in [2.05, 4.69) is 0 Å². The minimum Gasteiger partial charge on any atom is -0.454 e. The fourth-order valence-electron chi connectivity index (χ4n) is 2.31. The highest BCUT2D eigenvalue weighted by molar-refractivity contribution is 5.98. The Kier molecular flexibility index (Phi) is 3.31. The number of likely N-dealkylation sites (N-methyl/N-ethyl adjacent to an activating group) is 1. The van der Waals surface area contributed by atoms with Crippen LogP contribution in [0.2, 0.25) is 0 Å². The van der Waals surface area contributed by atoms with E-state index in [4.69, 9.17) is 9.47 Å². The molecule has 0 aliphatic carbocycles. The first-order valence-corrected chi connectivity index (χ1v) is 6.52. The Morgan fingerprint density at radius 2 is 2.05 bits per heavy atom. The molecule has 0 aromatic heterocycles. The third-order valence-electron chi connectivity index (χ3n) is 3.60. The van der Waals surface area contributed by atoms with Gasteiger partial charge in [-0.25, -0.2) is 0 Å². The van der Waals surface area contributed by atoms with Gasteiger partial charge >= 0.3 is 0 Å². The third-order valence-corrected chi connectivity index (χ3v) is 3.60. The van der Waals surface area contributed by atoms with E-state index in [1.807, 2.05) is 4.90 Å². The minimum atomic E-state index is -0.0133. The molecule has 1 fully saturated rings. The second-order valence-electron chi connectivity index (χ2n) is 5.02. The van der Waals surface area contributed by atoms with Crippen LogP contribution >= 0.6 is 0 Å². The average Bonchev–Trinajstić information content (AvgIpc) is 2.90. The number of nitrogens with zero attached hydrogens (tertiary/aromatic N) is 2. The molecule has 20 heavy (non-hydrogen) atoms. The minimum absolute atomic E-state index is 0.0133. The van der Waals surface area contributed by atoms with Gasteiger partial charge in [0.1, 0.15) is 0 Å². The van der Waals surface area contributed by atoms with E-state index in [0.29, 0.717) is 30.2 Å². The molecule has 1 amide bonds. The van der Waals surface area contributed by atoms with Crippen LogP contribution in [-0.2, 0) is 4.79 Å². The van der Waals surface area contributed by atoms with Gasteiger partial charge in [-0.15, -0.1) is 0 Å². The highest BCUT2D eigenvalue weighted by Crippen LogP contribution is 2.32. The van der Waals surface area contributed by atoms with Crippen molar-refractivity contribution in [1.29, 1.82) is 0 Å². The van der Waals surface area contributed by atoms with Crippen LogP contribution in [0.1, 0.15) is 10.4 Å². The van der Waals surface area contributed by atoms with Crippen molar-refractivity contribution < 1.29 is 19.1 Å². The van der Waals surface area contributed by atoms with Crippen molar-refractivity contribution >= 4 is 11.7 Å². The molecule has 1 aromatic rings. The Bertz CT molecular complexity index is 558. The van der Waals surface area contributed by atoms with E-state index in [9.17, 15) is 9.59 Å². The molecular weight excluding hydrogens is 260 g/mol. The summed E-state index contributed by atoms with van der Waals surface area (Å²) >= 11 is 0. The lowest BCUT2D eigenvalue weighted by molar-refractivity contribution is -0.134. The standard InChI is InChI=1S/C14H16N2O4/c1-15-4-5-16(8-14(15)18)7-11(17)10-2-3-12-13(6-10)20-9-19-12/h2-3,6H,4-5,7-9H2,1H3. The summed E-state index contributed by atoms with van der Waals surface area (Å²) in [6.07, 6.45) is 0. The van der Waals surface area contributed by atoms with Gasteiger partial charge in [0.2, 0.25) is 12.7 Å². The van der Waals surface area contributed by atoms with Crippen molar-refractivity contribution in [3.05, 3.63) is 23.8 Å². The van der Waals surface area contributed by atoms with Crippen molar-refractivity contribution in [3.63, 3.8) is 0 Å². The smallest absolute Gasteiger partial charge is 0.236 e. The maximum Gasteiger partial charge on any atom is 0.236 e. The van der Waals surface area contributed by atoms with Crippen molar-refractivity contribution in [2.75, 3.05) is 40.0 Å². The highest BCUT2D eigenvalue weighted by Gasteiger charge is 2.24. The van der Waals surface area contributed by atoms with Crippen molar-refractivity contribution in [1.82, 2.24) is 9.80 Å². The quantitative estimate of drug-likeness (QED) is 0.747. The zero-order chi connectivity index (χ0) is 14.1. The van der Waals surface area contributed by atoms with Gasteiger partial charge in [-0.3, -0.25) is 14.5 Å². The number of hydrogen-bond acceptors (Lipinski definition) is 5. The molecule has 2 aliphatic rings. The molecule has 0 unspecified atom stereocenters. The molecule has 0 spiro atoms. The molecule has 0 radical (unpaired) electrons. The van der Waals surface area contributed by atoms with Gasteiger partial charge in [-0.1, -0.05) is 0 Å². The lowest BCUT2D eigenvalue weighted by atomic mass is 10.1. The molecule has 1 aromatic carbocycles. The third kappa shape index (κ3) is 2.46. The number of carbonyl (C=O) groups excluding carboxylic acids is 2. The van der Waals surface area contributed by atoms with Crippen molar-refractivity contribution in [2.45, 2.75) is 0 Å². The molecule has 0 N–H and O–H groups in total. The Morgan fingerprint density at radius 3 is 2.85 bits per heavy atom. The van der Waals surface area contributed by atoms with E-state index in [-0.39, 0.29) is 25.0 Å². The van der Waals surface area contributed by atoms with Crippen LogP contribution in [0.25, 0.3) is 0 Å². The monoisotopic (exact) mass is 276 g/mol. The second-order valence-corrected chi connectivity index (χ2v) is 5.02. The van der Waals surface area contributed by atoms with E-state index in [1.165, 1.54) is 0 Å². The predicted octanol–water partition coefficient (Wildman–Crippen LogP) is 0.372. The van der Waals surface area contributed by atoms with Gasteiger partial charge in [0.15, 0.2) is 17.3 Å². The molecule has 2 heterocycles. The van der Waals surface area contributed by atoms with Crippen LogP contribution in [0, 0.1) is 0 Å². The normalized spacial score (nSPS) is 18.4. The summed E-state index contributed by atoms with van der Waals surface area (Å²) in [6.45, 7) is 2.12. The summed E-state index contributed by atoms with van der Waals surface area (Å²) in [7, 11) is 1.78. The van der Waals surface area contributed by atoms with Crippen LogP contribution in [0.4, 0.5) is 0 Å². The molecule has 0 atom stereocenters. The van der Waals surface area contributed by atoms with Gasteiger partial charge in [-0.2, -0.15) is 0 Å². The second kappa shape index (κ2) is 5.13. The molecule has 1 saturated heterocycles. The predicted molar refractivity (Wildman–Crippen MR) is 71.0 cm³/mol. The first kappa shape index (κ1) is 12.9. The number of Topliss-reactive ketones (excluding diaryl/α,β-unsaturated/α-hetero) is 1. The van der Waals surface area contributed by atoms with Crippen LogP contribution in [-0.4, -0.2) is 61.5 Å². The first-order valence-electron chi connectivity index (χ1n) is 6.52. The van der Waals surface area contributed by atoms with Gasteiger partial charge in [0, 0.05) is 25.7 Å². The number of benzene rings is 1. The Labute approximate surface area is 116 Å². The number of amides is 1. The summed E-state index contributed by atoms with van der Waals surface area (Å²) in [4.78, 5) is 27.4. The maximum atomic E-state index is 12.2. The summed E-state index contributed by atoms with van der Waals surface area (Å²) in [6, 6.07) is 5.17. The van der Waals surface area contributed by atoms with Gasteiger partial charge in [0.05, 0.1) is 13.1 Å². The van der Waals surface area contributed by atoms with Gasteiger partial charge < -0.3 is 14.4 Å². The number of rotatable bonds is 3. The molecule has 0 saturated carbocycles. The maximum absolute atomic E-state index is 12.2. The number of ether oxygens (including phenoxy) is 2. The summed E-state index contributed by atoms with van der Waals surface area (Å²) in [5.74, 6) is 1.30. The number of hydrogen-bond donors (Lipinski definition) is 0. The summed E-state index contributed by atoms with van der Waals surface area (Å²) < 4.78 is 10.5. The molecule has 6 nitrogen and oxygen atoms in total. The van der Waals surface area contributed by atoms with E-state index >= 15 is 0 Å². The topological polar surface area (TPSA) is 59.1 Å². The fourth-order valence-corrected chi connectivity index (χ4v) is 2.31. The highest BCUT2D eigenvalue weighted by atomic mass is 16.7.